The molecule has 0 spiro atoms. The second-order valence-corrected chi connectivity index (χ2v) is 3.56. The topological polar surface area (TPSA) is 76.3 Å². The summed E-state index contributed by atoms with van der Waals surface area (Å²) in [7, 11) is 0. The predicted molar refractivity (Wildman–Crippen MR) is 54.5 cm³/mol. The summed E-state index contributed by atoms with van der Waals surface area (Å²) >= 11 is 0. The van der Waals surface area contributed by atoms with Crippen LogP contribution in [-0.4, -0.2) is 30.3 Å². The van der Waals surface area contributed by atoms with Crippen molar-refractivity contribution in [3.8, 4) is 0 Å². The van der Waals surface area contributed by atoms with Crippen molar-refractivity contribution >= 4 is 17.9 Å². The van der Waals surface area contributed by atoms with Gasteiger partial charge in [-0.05, 0) is 12.1 Å². The largest absolute Gasteiger partial charge is 0.369 e. The summed E-state index contributed by atoms with van der Waals surface area (Å²) in [6.07, 6.45) is 2.33. The molecule has 1 fully saturated rings. The number of rotatable bonds is 3. The van der Waals surface area contributed by atoms with E-state index in [0.29, 0.717) is 25.1 Å². The van der Waals surface area contributed by atoms with Crippen LogP contribution in [0.25, 0.3) is 0 Å². The number of nitrogens with zero attached hydrogens (tertiary/aromatic N) is 2. The van der Waals surface area contributed by atoms with E-state index in [4.69, 9.17) is 5.73 Å². The van der Waals surface area contributed by atoms with Gasteiger partial charge in [-0.2, -0.15) is 0 Å². The number of anilines is 1. The number of nitrogens with two attached hydrogens (primary N) is 1. The standard InChI is InChI=1S/C10H11N3O2/c11-10(15)7-4-13(5-7)9-2-1-8(6-14)12-3-9/h1-3,6-7H,4-5H2,(H2,11,15). The summed E-state index contributed by atoms with van der Waals surface area (Å²) in [6.45, 7) is 1.27. The van der Waals surface area contributed by atoms with Crippen molar-refractivity contribution in [3.63, 3.8) is 0 Å². The fourth-order valence-corrected chi connectivity index (χ4v) is 1.52. The van der Waals surface area contributed by atoms with Gasteiger partial charge in [0.1, 0.15) is 5.69 Å². The van der Waals surface area contributed by atoms with Crippen molar-refractivity contribution in [3.05, 3.63) is 24.0 Å². The predicted octanol–water partition coefficient (Wildman–Crippen LogP) is -0.184. The summed E-state index contributed by atoms with van der Waals surface area (Å²) in [5.41, 5.74) is 6.48. The van der Waals surface area contributed by atoms with E-state index < -0.39 is 0 Å². The number of primary amides is 1. The minimum atomic E-state index is -0.260. The van der Waals surface area contributed by atoms with Crippen LogP contribution in [-0.2, 0) is 4.79 Å². The lowest BCUT2D eigenvalue weighted by atomic mass is 9.99. The molecule has 0 bridgehead atoms. The smallest absolute Gasteiger partial charge is 0.224 e. The van der Waals surface area contributed by atoms with Crippen molar-refractivity contribution in [1.29, 1.82) is 0 Å². The maximum Gasteiger partial charge on any atom is 0.224 e. The highest BCUT2D eigenvalue weighted by Crippen LogP contribution is 2.23. The lowest BCUT2D eigenvalue weighted by Gasteiger charge is -2.38. The first-order valence-corrected chi connectivity index (χ1v) is 4.66. The molecule has 0 aliphatic carbocycles. The van der Waals surface area contributed by atoms with E-state index >= 15 is 0 Å². The zero-order valence-electron chi connectivity index (χ0n) is 8.09. The normalized spacial score (nSPS) is 15.9. The van der Waals surface area contributed by atoms with Crippen molar-refractivity contribution in [2.45, 2.75) is 0 Å². The van der Waals surface area contributed by atoms with E-state index in [2.05, 4.69) is 4.98 Å². The van der Waals surface area contributed by atoms with Gasteiger partial charge in [-0.3, -0.25) is 14.6 Å². The molecule has 5 nitrogen and oxygen atoms in total. The number of hydrogen-bond acceptors (Lipinski definition) is 4. The zero-order valence-corrected chi connectivity index (χ0v) is 8.09. The van der Waals surface area contributed by atoms with Crippen LogP contribution in [0, 0.1) is 5.92 Å². The Kier molecular flexibility index (Phi) is 2.37. The van der Waals surface area contributed by atoms with Crippen molar-refractivity contribution in [2.24, 2.45) is 11.7 Å². The maximum absolute atomic E-state index is 10.8. The van der Waals surface area contributed by atoms with Crippen LogP contribution in [0.4, 0.5) is 5.69 Å². The van der Waals surface area contributed by atoms with Crippen LogP contribution in [0.5, 0.6) is 0 Å². The molecule has 1 aliphatic heterocycles. The Morgan fingerprint density at radius 1 is 1.53 bits per heavy atom. The molecule has 2 N–H and O–H groups in total. The number of carbonyl (C=O) groups excluding carboxylic acids is 2. The van der Waals surface area contributed by atoms with E-state index in [1.165, 1.54) is 0 Å². The Bertz CT molecular complexity index is 382. The molecule has 1 aliphatic rings. The number of aldehydes is 1. The SMILES string of the molecule is NC(=O)C1CN(c2ccc(C=O)nc2)C1. The molecule has 2 heterocycles. The second-order valence-electron chi connectivity index (χ2n) is 3.56. The average molecular weight is 205 g/mol. The lowest BCUT2D eigenvalue weighted by Crippen LogP contribution is -2.52. The number of amides is 1. The Balaban J connectivity index is 2.01. The van der Waals surface area contributed by atoms with Gasteiger partial charge in [0.2, 0.25) is 5.91 Å². The number of carbonyl (C=O) groups is 2. The average Bonchev–Trinajstić information content (AvgIpc) is 2.16. The first-order valence-electron chi connectivity index (χ1n) is 4.66. The van der Waals surface area contributed by atoms with Gasteiger partial charge in [-0.15, -0.1) is 0 Å². The Morgan fingerprint density at radius 3 is 2.73 bits per heavy atom. The quantitative estimate of drug-likeness (QED) is 0.694. The van der Waals surface area contributed by atoms with Crippen LogP contribution in [0.15, 0.2) is 18.3 Å². The van der Waals surface area contributed by atoms with Gasteiger partial charge < -0.3 is 10.6 Å². The third-order valence-electron chi connectivity index (χ3n) is 2.54. The summed E-state index contributed by atoms with van der Waals surface area (Å²) in [5, 5.41) is 0. The molecule has 0 saturated carbocycles. The highest BCUT2D eigenvalue weighted by molar-refractivity contribution is 5.80. The molecule has 1 aromatic rings. The molecule has 0 radical (unpaired) electrons. The lowest BCUT2D eigenvalue weighted by molar-refractivity contribution is -0.122. The number of pyridine rings is 1. The molecule has 0 atom stereocenters. The Hall–Kier alpha value is -1.91. The highest BCUT2D eigenvalue weighted by Gasteiger charge is 2.31. The minimum absolute atomic E-state index is 0.0595. The van der Waals surface area contributed by atoms with Crippen LogP contribution < -0.4 is 10.6 Å². The fourth-order valence-electron chi connectivity index (χ4n) is 1.52. The molecule has 1 aromatic heterocycles. The molecule has 15 heavy (non-hydrogen) atoms. The summed E-state index contributed by atoms with van der Waals surface area (Å²) < 4.78 is 0. The molecule has 2 rings (SSSR count). The molecule has 0 unspecified atom stereocenters. The van der Waals surface area contributed by atoms with Gasteiger partial charge in [-0.1, -0.05) is 0 Å². The van der Waals surface area contributed by atoms with Crippen molar-refractivity contribution in [1.82, 2.24) is 4.98 Å². The van der Waals surface area contributed by atoms with Crippen molar-refractivity contribution in [2.75, 3.05) is 18.0 Å². The summed E-state index contributed by atoms with van der Waals surface area (Å²) in [6, 6.07) is 3.47. The molecular formula is C10H11N3O2. The van der Waals surface area contributed by atoms with Gasteiger partial charge >= 0.3 is 0 Å². The van der Waals surface area contributed by atoms with Gasteiger partial charge in [-0.25, -0.2) is 0 Å². The summed E-state index contributed by atoms with van der Waals surface area (Å²) in [5.74, 6) is -0.320. The fraction of sp³-hybridized carbons (Fsp3) is 0.300. The van der Waals surface area contributed by atoms with Gasteiger partial charge in [0.25, 0.3) is 0 Å². The molecule has 5 heteroatoms. The number of aromatic nitrogens is 1. The van der Waals surface area contributed by atoms with E-state index in [1.807, 2.05) is 11.0 Å². The third-order valence-corrected chi connectivity index (χ3v) is 2.54. The van der Waals surface area contributed by atoms with E-state index in [-0.39, 0.29) is 11.8 Å². The third kappa shape index (κ3) is 1.81. The first kappa shape index (κ1) is 9.64. The Morgan fingerprint density at radius 2 is 2.27 bits per heavy atom. The maximum atomic E-state index is 10.8. The van der Waals surface area contributed by atoms with Gasteiger partial charge in [0.15, 0.2) is 6.29 Å². The van der Waals surface area contributed by atoms with Crippen molar-refractivity contribution < 1.29 is 9.59 Å². The molecule has 0 aromatic carbocycles. The van der Waals surface area contributed by atoms with Crippen LogP contribution in [0.1, 0.15) is 10.5 Å². The molecule has 1 amide bonds. The van der Waals surface area contributed by atoms with Gasteiger partial charge in [0, 0.05) is 13.1 Å². The zero-order chi connectivity index (χ0) is 10.8. The first-order chi connectivity index (χ1) is 7.20. The van der Waals surface area contributed by atoms with Crippen LogP contribution in [0.3, 0.4) is 0 Å². The highest BCUT2D eigenvalue weighted by atomic mass is 16.1. The molecular weight excluding hydrogens is 194 g/mol. The van der Waals surface area contributed by atoms with E-state index in [1.54, 1.807) is 12.3 Å². The molecule has 1 saturated heterocycles. The minimum Gasteiger partial charge on any atom is -0.369 e. The van der Waals surface area contributed by atoms with E-state index in [0.717, 1.165) is 5.69 Å². The van der Waals surface area contributed by atoms with Gasteiger partial charge in [0.05, 0.1) is 17.8 Å². The number of hydrogen-bond donors (Lipinski definition) is 1. The monoisotopic (exact) mass is 205 g/mol. The van der Waals surface area contributed by atoms with E-state index in [9.17, 15) is 9.59 Å². The van der Waals surface area contributed by atoms with Crippen LogP contribution in [0.2, 0.25) is 0 Å². The molecule has 78 valence electrons. The second kappa shape index (κ2) is 3.68. The Labute approximate surface area is 86.9 Å². The summed E-state index contributed by atoms with van der Waals surface area (Å²) in [4.78, 5) is 27.1. The van der Waals surface area contributed by atoms with Crippen LogP contribution >= 0.6 is 0 Å².